The first kappa shape index (κ1) is 16.8. The minimum atomic E-state index is -1.05. The molecule has 0 saturated carbocycles. The molecule has 1 aromatic carbocycles. The van der Waals surface area contributed by atoms with Crippen molar-refractivity contribution in [3.8, 4) is 5.75 Å². The lowest BCUT2D eigenvalue weighted by Crippen LogP contribution is -2.10. The third-order valence-corrected chi connectivity index (χ3v) is 4.61. The number of carbonyl (C=O) groups is 1. The lowest BCUT2D eigenvalue weighted by molar-refractivity contribution is -0.137. The van der Waals surface area contributed by atoms with E-state index in [1.807, 2.05) is 13.8 Å². The van der Waals surface area contributed by atoms with Gasteiger partial charge in [0.1, 0.15) is 0 Å². The van der Waals surface area contributed by atoms with Crippen molar-refractivity contribution >= 4 is 23.3 Å². The van der Waals surface area contributed by atoms with Gasteiger partial charge in [0, 0.05) is 10.3 Å². The summed E-state index contributed by atoms with van der Waals surface area (Å²) in [6, 6.07) is 2.48. The number of carbonyl (C=O) groups excluding carboxylic acids is 1. The molecule has 0 aromatic heterocycles. The van der Waals surface area contributed by atoms with E-state index in [2.05, 4.69) is 0 Å². The molecular weight excluding hydrogens is 310 g/mol. The highest BCUT2D eigenvalue weighted by Gasteiger charge is 2.37. The number of ether oxygens (including phenoxy) is 2. The van der Waals surface area contributed by atoms with Crippen LogP contribution < -0.4 is 4.74 Å². The summed E-state index contributed by atoms with van der Waals surface area (Å²) >= 11 is 1.38. The van der Waals surface area contributed by atoms with Crippen LogP contribution in [0.2, 0.25) is 0 Å². The minimum absolute atomic E-state index is 0.185. The highest BCUT2D eigenvalue weighted by Crippen LogP contribution is 2.51. The number of methoxy groups -OCH3 is 1. The van der Waals surface area contributed by atoms with Crippen LogP contribution in [-0.2, 0) is 9.53 Å². The Balaban J connectivity index is 2.59. The SMILES string of the molecule is CCOC(=O)C1=C(c2ccc(F)c(F)c2OC)CC(C)(C)S1. The molecule has 0 saturated heterocycles. The van der Waals surface area contributed by atoms with Gasteiger partial charge in [-0.2, -0.15) is 4.39 Å². The molecule has 1 aliphatic rings. The maximum atomic E-state index is 13.9. The molecule has 1 aromatic rings. The molecule has 0 aliphatic carbocycles. The van der Waals surface area contributed by atoms with E-state index >= 15 is 0 Å². The first-order valence-corrected chi connectivity index (χ1v) is 7.74. The number of rotatable bonds is 4. The predicted octanol–water partition coefficient (Wildman–Crippen LogP) is 4.16. The van der Waals surface area contributed by atoms with E-state index in [0.29, 0.717) is 22.5 Å². The molecule has 6 heteroatoms. The zero-order valence-corrected chi connectivity index (χ0v) is 13.8. The quantitative estimate of drug-likeness (QED) is 0.778. The zero-order valence-electron chi connectivity index (χ0n) is 13.0. The third-order valence-electron chi connectivity index (χ3n) is 3.30. The molecule has 0 amide bonds. The van der Waals surface area contributed by atoms with E-state index < -0.39 is 17.6 Å². The molecule has 1 heterocycles. The van der Waals surface area contributed by atoms with Crippen molar-refractivity contribution in [1.29, 1.82) is 0 Å². The van der Waals surface area contributed by atoms with Gasteiger partial charge >= 0.3 is 5.97 Å². The van der Waals surface area contributed by atoms with Crippen LogP contribution in [0.5, 0.6) is 5.75 Å². The number of benzene rings is 1. The van der Waals surface area contributed by atoms with Gasteiger partial charge in [0.2, 0.25) is 5.82 Å². The number of hydrogen-bond donors (Lipinski definition) is 0. The molecule has 120 valence electrons. The van der Waals surface area contributed by atoms with E-state index in [-0.39, 0.29) is 17.1 Å². The van der Waals surface area contributed by atoms with Gasteiger partial charge in [0.15, 0.2) is 11.6 Å². The first-order valence-electron chi connectivity index (χ1n) is 6.92. The van der Waals surface area contributed by atoms with Crippen molar-refractivity contribution in [2.45, 2.75) is 31.9 Å². The van der Waals surface area contributed by atoms with E-state index in [1.54, 1.807) is 6.92 Å². The van der Waals surface area contributed by atoms with Gasteiger partial charge in [0.05, 0.1) is 18.6 Å². The highest BCUT2D eigenvalue weighted by molar-refractivity contribution is 8.05. The van der Waals surface area contributed by atoms with Crippen molar-refractivity contribution in [3.05, 3.63) is 34.2 Å². The third kappa shape index (κ3) is 3.11. The number of allylic oxidation sites excluding steroid dienone is 1. The van der Waals surface area contributed by atoms with Crippen LogP contribution in [0.4, 0.5) is 8.78 Å². The van der Waals surface area contributed by atoms with E-state index in [9.17, 15) is 13.6 Å². The summed E-state index contributed by atoms with van der Waals surface area (Å²) in [6.07, 6.45) is 0.535. The fourth-order valence-electron chi connectivity index (χ4n) is 2.43. The average molecular weight is 328 g/mol. The summed E-state index contributed by atoms with van der Waals surface area (Å²) in [5.41, 5.74) is 1.02. The monoisotopic (exact) mass is 328 g/mol. The summed E-state index contributed by atoms with van der Waals surface area (Å²) < 4.78 is 37.2. The minimum Gasteiger partial charge on any atom is -0.493 e. The van der Waals surface area contributed by atoms with Crippen molar-refractivity contribution < 1.29 is 23.0 Å². The molecule has 0 atom stereocenters. The van der Waals surface area contributed by atoms with Crippen LogP contribution in [0, 0.1) is 11.6 Å². The number of hydrogen-bond acceptors (Lipinski definition) is 4. The molecule has 3 nitrogen and oxygen atoms in total. The number of esters is 1. The van der Waals surface area contributed by atoms with Crippen LogP contribution >= 0.6 is 11.8 Å². The summed E-state index contributed by atoms with van der Waals surface area (Å²) in [6.45, 7) is 5.94. The van der Waals surface area contributed by atoms with E-state index in [0.717, 1.165) is 6.07 Å². The normalized spacial score (nSPS) is 16.8. The lowest BCUT2D eigenvalue weighted by Gasteiger charge is -2.16. The Bertz CT molecular complexity index is 639. The van der Waals surface area contributed by atoms with Crippen LogP contribution in [0.3, 0.4) is 0 Å². The van der Waals surface area contributed by atoms with Crippen molar-refractivity contribution in [2.24, 2.45) is 0 Å². The van der Waals surface area contributed by atoms with Gasteiger partial charge in [-0.3, -0.25) is 0 Å². The molecule has 22 heavy (non-hydrogen) atoms. The first-order chi connectivity index (χ1) is 10.3. The van der Waals surface area contributed by atoms with Crippen LogP contribution in [0.25, 0.3) is 5.57 Å². The Hall–Kier alpha value is -1.56. The van der Waals surface area contributed by atoms with Gasteiger partial charge in [-0.15, -0.1) is 11.8 Å². The van der Waals surface area contributed by atoms with Crippen molar-refractivity contribution in [2.75, 3.05) is 13.7 Å². The van der Waals surface area contributed by atoms with Crippen LogP contribution in [-0.4, -0.2) is 24.4 Å². The van der Waals surface area contributed by atoms with E-state index in [4.69, 9.17) is 9.47 Å². The lowest BCUT2D eigenvalue weighted by atomic mass is 9.95. The molecule has 0 radical (unpaired) electrons. The van der Waals surface area contributed by atoms with Gasteiger partial charge in [-0.1, -0.05) is 13.8 Å². The van der Waals surface area contributed by atoms with Gasteiger partial charge in [-0.05, 0) is 31.1 Å². The maximum absolute atomic E-state index is 13.9. The summed E-state index contributed by atoms with van der Waals surface area (Å²) in [5, 5.41) is 0. The molecule has 0 bridgehead atoms. The average Bonchev–Trinajstić information content (AvgIpc) is 2.78. The maximum Gasteiger partial charge on any atom is 0.344 e. The largest absolute Gasteiger partial charge is 0.493 e. The second-order valence-electron chi connectivity index (χ2n) is 5.51. The molecule has 0 spiro atoms. The van der Waals surface area contributed by atoms with Crippen LogP contribution in [0.15, 0.2) is 17.0 Å². The van der Waals surface area contributed by atoms with Gasteiger partial charge in [-0.25, -0.2) is 9.18 Å². The number of thioether (sulfide) groups is 1. The zero-order chi connectivity index (χ0) is 16.5. The fourth-order valence-corrected chi connectivity index (χ4v) is 3.64. The molecule has 1 aliphatic heterocycles. The van der Waals surface area contributed by atoms with Crippen molar-refractivity contribution in [1.82, 2.24) is 0 Å². The smallest absolute Gasteiger partial charge is 0.344 e. The second kappa shape index (κ2) is 6.28. The second-order valence-corrected chi connectivity index (χ2v) is 7.23. The molecule has 0 unspecified atom stereocenters. The molecule has 0 fully saturated rings. The Morgan fingerprint density at radius 1 is 1.36 bits per heavy atom. The summed E-state index contributed by atoms with van der Waals surface area (Å²) in [7, 11) is 1.28. The summed E-state index contributed by atoms with van der Waals surface area (Å²) in [4.78, 5) is 12.6. The topological polar surface area (TPSA) is 35.5 Å². The Labute approximate surface area is 132 Å². The van der Waals surface area contributed by atoms with Crippen LogP contribution in [0.1, 0.15) is 32.8 Å². The van der Waals surface area contributed by atoms with Crippen molar-refractivity contribution in [3.63, 3.8) is 0 Å². The van der Waals surface area contributed by atoms with Gasteiger partial charge < -0.3 is 9.47 Å². The fraction of sp³-hybridized carbons (Fsp3) is 0.438. The number of halogens is 2. The van der Waals surface area contributed by atoms with E-state index in [1.165, 1.54) is 24.9 Å². The predicted molar refractivity (Wildman–Crippen MR) is 82.8 cm³/mol. The standard InChI is InChI=1S/C16H18F2O3S/c1-5-21-15(19)14-10(8-16(2,3)22-14)9-6-7-11(17)12(18)13(9)20-4/h6-7H,5,8H2,1-4H3. The van der Waals surface area contributed by atoms with Gasteiger partial charge in [0.25, 0.3) is 0 Å². The Morgan fingerprint density at radius 2 is 2.05 bits per heavy atom. The summed E-state index contributed by atoms with van der Waals surface area (Å²) in [5.74, 6) is -2.66. The Morgan fingerprint density at radius 3 is 2.64 bits per heavy atom. The molecule has 2 rings (SSSR count). The molecule has 0 N–H and O–H groups in total. The molecular formula is C16H18F2O3S. The Kier molecular flexibility index (Phi) is 4.80. The highest BCUT2D eigenvalue weighted by atomic mass is 32.2.